The zero-order valence-corrected chi connectivity index (χ0v) is 11.0. The fourth-order valence-corrected chi connectivity index (χ4v) is 1.83. The van der Waals surface area contributed by atoms with Crippen LogP contribution in [0.4, 0.5) is 5.69 Å². The number of aryl methyl sites for hydroxylation is 1. The molecule has 0 amide bonds. The van der Waals surface area contributed by atoms with Crippen LogP contribution in [-0.2, 0) is 0 Å². The smallest absolute Gasteiger partial charge is 0.122 e. The predicted molar refractivity (Wildman–Crippen MR) is 70.8 cm³/mol. The summed E-state index contributed by atoms with van der Waals surface area (Å²) in [6.45, 7) is 6.82. The van der Waals surface area contributed by atoms with Crippen LogP contribution in [0.25, 0.3) is 0 Å². The molecule has 1 aromatic rings. The second-order valence-electron chi connectivity index (χ2n) is 4.29. The molecule has 1 atom stereocenters. The molecule has 4 heteroatoms. The van der Waals surface area contributed by atoms with Crippen molar-refractivity contribution in [2.24, 2.45) is 5.73 Å². The number of hydrogen-bond acceptors (Lipinski definition) is 4. The lowest BCUT2D eigenvalue weighted by atomic mass is 10.0. The molecule has 0 heterocycles. The van der Waals surface area contributed by atoms with Gasteiger partial charge in [0.1, 0.15) is 5.75 Å². The number of methoxy groups -OCH3 is 1. The standard InChI is InChI=1S/C13H22N2O2/c1-8-5-12(17-4)9(2)10(3)13(8)15-7-11(16)6-14/h5,11,15-16H,6-7,14H2,1-4H3. The Hall–Kier alpha value is -1.26. The highest BCUT2D eigenvalue weighted by atomic mass is 16.5. The van der Waals surface area contributed by atoms with Crippen molar-refractivity contribution in [2.75, 3.05) is 25.5 Å². The van der Waals surface area contributed by atoms with E-state index in [1.807, 2.05) is 26.8 Å². The molecule has 0 aliphatic carbocycles. The normalized spacial score (nSPS) is 12.4. The fourth-order valence-electron chi connectivity index (χ4n) is 1.83. The SMILES string of the molecule is COc1cc(C)c(NCC(O)CN)c(C)c1C. The van der Waals surface area contributed by atoms with E-state index < -0.39 is 6.10 Å². The van der Waals surface area contributed by atoms with Gasteiger partial charge in [-0.1, -0.05) is 0 Å². The summed E-state index contributed by atoms with van der Waals surface area (Å²) in [5, 5.41) is 12.7. The predicted octanol–water partition coefficient (Wildman–Crippen LogP) is 1.35. The van der Waals surface area contributed by atoms with Crippen LogP contribution in [0, 0.1) is 20.8 Å². The first-order chi connectivity index (χ1) is 8.01. The van der Waals surface area contributed by atoms with Gasteiger partial charge >= 0.3 is 0 Å². The molecule has 0 spiro atoms. The number of rotatable bonds is 5. The maximum Gasteiger partial charge on any atom is 0.122 e. The van der Waals surface area contributed by atoms with Crippen LogP contribution in [0.2, 0.25) is 0 Å². The molecule has 0 aromatic heterocycles. The van der Waals surface area contributed by atoms with Crippen molar-refractivity contribution in [3.8, 4) is 5.75 Å². The van der Waals surface area contributed by atoms with Crippen LogP contribution in [0.15, 0.2) is 6.07 Å². The molecule has 1 aromatic carbocycles. The molecule has 96 valence electrons. The van der Waals surface area contributed by atoms with E-state index in [1.54, 1.807) is 7.11 Å². The zero-order valence-electron chi connectivity index (χ0n) is 11.0. The number of nitrogens with one attached hydrogen (secondary N) is 1. The topological polar surface area (TPSA) is 67.5 Å². The summed E-state index contributed by atoms with van der Waals surface area (Å²) < 4.78 is 5.31. The Balaban J connectivity index is 2.96. The van der Waals surface area contributed by atoms with Crippen molar-refractivity contribution >= 4 is 5.69 Å². The van der Waals surface area contributed by atoms with E-state index in [4.69, 9.17) is 10.5 Å². The van der Waals surface area contributed by atoms with Crippen LogP contribution in [0.5, 0.6) is 5.75 Å². The van der Waals surface area contributed by atoms with Crippen LogP contribution >= 0.6 is 0 Å². The van der Waals surface area contributed by atoms with E-state index in [1.165, 1.54) is 0 Å². The molecule has 0 aliphatic rings. The first kappa shape index (κ1) is 13.8. The second kappa shape index (κ2) is 5.89. The largest absolute Gasteiger partial charge is 0.496 e. The van der Waals surface area contributed by atoms with E-state index in [9.17, 15) is 5.11 Å². The van der Waals surface area contributed by atoms with Crippen LogP contribution in [-0.4, -0.2) is 31.4 Å². The van der Waals surface area contributed by atoms with Crippen LogP contribution in [0.3, 0.4) is 0 Å². The molecule has 0 aliphatic heterocycles. The Morgan fingerprint density at radius 2 is 2.00 bits per heavy atom. The molecule has 1 unspecified atom stereocenters. The highest BCUT2D eigenvalue weighted by Gasteiger charge is 2.11. The van der Waals surface area contributed by atoms with E-state index in [-0.39, 0.29) is 6.54 Å². The summed E-state index contributed by atoms with van der Waals surface area (Å²) in [6.07, 6.45) is -0.517. The molecular weight excluding hydrogens is 216 g/mol. The van der Waals surface area contributed by atoms with Crippen molar-refractivity contribution in [2.45, 2.75) is 26.9 Å². The summed E-state index contributed by atoms with van der Waals surface area (Å²) in [5.74, 6) is 0.893. The summed E-state index contributed by atoms with van der Waals surface area (Å²) in [5.41, 5.74) is 9.79. The number of aliphatic hydroxyl groups excluding tert-OH is 1. The number of aliphatic hydroxyl groups is 1. The summed E-state index contributed by atoms with van der Waals surface area (Å²) in [7, 11) is 1.67. The second-order valence-corrected chi connectivity index (χ2v) is 4.29. The van der Waals surface area contributed by atoms with E-state index in [0.29, 0.717) is 6.54 Å². The van der Waals surface area contributed by atoms with Crippen molar-refractivity contribution in [3.63, 3.8) is 0 Å². The monoisotopic (exact) mass is 238 g/mol. The number of benzene rings is 1. The Labute approximate surface area is 103 Å². The quantitative estimate of drug-likeness (QED) is 0.724. The molecule has 0 bridgehead atoms. The molecule has 4 nitrogen and oxygen atoms in total. The highest BCUT2D eigenvalue weighted by Crippen LogP contribution is 2.30. The van der Waals surface area contributed by atoms with Crippen LogP contribution in [0.1, 0.15) is 16.7 Å². The first-order valence-corrected chi connectivity index (χ1v) is 5.78. The van der Waals surface area contributed by atoms with Gasteiger partial charge in [0, 0.05) is 18.8 Å². The van der Waals surface area contributed by atoms with E-state index in [2.05, 4.69) is 5.32 Å². The lowest BCUT2D eigenvalue weighted by molar-refractivity contribution is 0.196. The van der Waals surface area contributed by atoms with E-state index >= 15 is 0 Å². The number of hydrogen-bond donors (Lipinski definition) is 3. The van der Waals surface area contributed by atoms with Gasteiger partial charge in [-0.3, -0.25) is 0 Å². The lowest BCUT2D eigenvalue weighted by Crippen LogP contribution is -2.28. The maximum absolute atomic E-state index is 9.46. The van der Waals surface area contributed by atoms with Gasteiger partial charge in [-0.25, -0.2) is 0 Å². The first-order valence-electron chi connectivity index (χ1n) is 5.78. The third-order valence-corrected chi connectivity index (χ3v) is 3.06. The lowest BCUT2D eigenvalue weighted by Gasteiger charge is -2.18. The third kappa shape index (κ3) is 3.11. The minimum absolute atomic E-state index is 0.264. The Kier molecular flexibility index (Phi) is 4.78. The zero-order chi connectivity index (χ0) is 13.0. The third-order valence-electron chi connectivity index (χ3n) is 3.06. The Bertz CT molecular complexity index is 391. The van der Waals surface area contributed by atoms with Gasteiger partial charge in [0.05, 0.1) is 13.2 Å². The van der Waals surface area contributed by atoms with E-state index in [0.717, 1.165) is 28.1 Å². The average Bonchev–Trinajstić information content (AvgIpc) is 2.33. The Morgan fingerprint density at radius 3 is 2.53 bits per heavy atom. The molecule has 1 rings (SSSR count). The molecule has 0 radical (unpaired) electrons. The maximum atomic E-state index is 9.46. The molecular formula is C13H22N2O2. The van der Waals surface area contributed by atoms with Gasteiger partial charge in [-0.05, 0) is 43.5 Å². The van der Waals surface area contributed by atoms with Gasteiger partial charge in [0.15, 0.2) is 0 Å². The fraction of sp³-hybridized carbons (Fsp3) is 0.538. The number of anilines is 1. The number of ether oxygens (including phenoxy) is 1. The summed E-state index contributed by atoms with van der Waals surface area (Å²) in [4.78, 5) is 0. The molecule has 17 heavy (non-hydrogen) atoms. The van der Waals surface area contributed by atoms with Gasteiger partial charge in [0.25, 0.3) is 0 Å². The minimum Gasteiger partial charge on any atom is -0.496 e. The van der Waals surface area contributed by atoms with Crippen molar-refractivity contribution in [1.29, 1.82) is 0 Å². The molecule has 0 fully saturated rings. The summed E-state index contributed by atoms with van der Waals surface area (Å²) in [6, 6.07) is 2.00. The van der Waals surface area contributed by atoms with Crippen molar-refractivity contribution in [3.05, 3.63) is 22.8 Å². The number of nitrogens with two attached hydrogens (primary N) is 1. The van der Waals surface area contributed by atoms with Gasteiger partial charge in [0.2, 0.25) is 0 Å². The van der Waals surface area contributed by atoms with Crippen LogP contribution < -0.4 is 15.8 Å². The summed E-state index contributed by atoms with van der Waals surface area (Å²) >= 11 is 0. The van der Waals surface area contributed by atoms with Crippen molar-refractivity contribution in [1.82, 2.24) is 0 Å². The average molecular weight is 238 g/mol. The molecule has 0 saturated carbocycles. The van der Waals surface area contributed by atoms with Gasteiger partial charge in [-0.2, -0.15) is 0 Å². The Morgan fingerprint density at radius 1 is 1.35 bits per heavy atom. The molecule has 4 N–H and O–H groups in total. The van der Waals surface area contributed by atoms with Gasteiger partial charge < -0.3 is 20.9 Å². The highest BCUT2D eigenvalue weighted by molar-refractivity contribution is 5.63. The molecule has 0 saturated heterocycles. The van der Waals surface area contributed by atoms with Gasteiger partial charge in [-0.15, -0.1) is 0 Å². The minimum atomic E-state index is -0.517. The van der Waals surface area contributed by atoms with Crippen molar-refractivity contribution < 1.29 is 9.84 Å².